The highest BCUT2D eigenvalue weighted by atomic mass is 127. The van der Waals surface area contributed by atoms with Crippen molar-refractivity contribution in [3.63, 3.8) is 0 Å². The molecule has 0 aliphatic heterocycles. The van der Waals surface area contributed by atoms with Gasteiger partial charge in [-0.2, -0.15) is 0 Å². The van der Waals surface area contributed by atoms with E-state index in [1.165, 1.54) is 12.1 Å². The molecule has 1 aromatic heterocycles. The summed E-state index contributed by atoms with van der Waals surface area (Å²) < 4.78 is 14.1. The number of pyridine rings is 1. The van der Waals surface area contributed by atoms with Crippen LogP contribution < -0.4 is 0 Å². The van der Waals surface area contributed by atoms with E-state index in [0.29, 0.717) is 10.4 Å². The Bertz CT molecular complexity index is 590. The fraction of sp³-hybridized carbons (Fsp3) is 0.308. The molecule has 2 rings (SSSR count). The van der Waals surface area contributed by atoms with Crippen molar-refractivity contribution >= 4 is 45.1 Å². The average Bonchev–Trinajstić information content (AvgIpc) is 2.17. The van der Waals surface area contributed by atoms with Gasteiger partial charge in [0.05, 0.1) is 10.5 Å². The van der Waals surface area contributed by atoms with Crippen molar-refractivity contribution in [2.75, 3.05) is 0 Å². The van der Waals surface area contributed by atoms with Crippen molar-refractivity contribution in [3.05, 3.63) is 38.3 Å². The molecule has 0 spiro atoms. The van der Waals surface area contributed by atoms with Gasteiger partial charge in [-0.15, -0.1) is 0 Å². The Hall–Kier alpha value is -0.420. The molecular formula is C13H12ClFIN. The van der Waals surface area contributed by atoms with E-state index >= 15 is 0 Å². The predicted octanol–water partition coefficient (Wildman–Crippen LogP) is 4.93. The van der Waals surface area contributed by atoms with Crippen LogP contribution in [0.5, 0.6) is 0 Å². The third kappa shape index (κ3) is 2.55. The Morgan fingerprint density at radius 2 is 1.88 bits per heavy atom. The third-order valence-corrected chi connectivity index (χ3v) is 3.68. The minimum absolute atomic E-state index is 0.0741. The van der Waals surface area contributed by atoms with Crippen LogP contribution >= 0.6 is 34.2 Å². The van der Waals surface area contributed by atoms with E-state index in [9.17, 15) is 4.39 Å². The van der Waals surface area contributed by atoms with Crippen molar-refractivity contribution < 1.29 is 4.39 Å². The fourth-order valence-corrected chi connectivity index (χ4v) is 2.55. The zero-order valence-electron chi connectivity index (χ0n) is 9.81. The Labute approximate surface area is 119 Å². The monoisotopic (exact) mass is 363 g/mol. The molecule has 0 saturated carbocycles. The van der Waals surface area contributed by atoms with E-state index < -0.39 is 0 Å². The van der Waals surface area contributed by atoms with Crippen molar-refractivity contribution in [2.24, 2.45) is 0 Å². The zero-order chi connectivity index (χ0) is 12.8. The number of nitrogens with zero attached hydrogens (tertiary/aromatic N) is 1. The van der Waals surface area contributed by atoms with E-state index in [1.807, 2.05) is 6.07 Å². The summed E-state index contributed by atoms with van der Waals surface area (Å²) >= 11 is 8.29. The topological polar surface area (TPSA) is 12.9 Å². The van der Waals surface area contributed by atoms with E-state index in [1.54, 1.807) is 0 Å². The summed E-state index contributed by atoms with van der Waals surface area (Å²) in [4.78, 5) is 4.59. The maximum atomic E-state index is 13.3. The number of benzene rings is 1. The number of hydrogen-bond donors (Lipinski definition) is 0. The van der Waals surface area contributed by atoms with Gasteiger partial charge in [-0.3, -0.25) is 4.98 Å². The summed E-state index contributed by atoms with van der Waals surface area (Å²) in [5.41, 5.74) is 1.61. The van der Waals surface area contributed by atoms with E-state index in [0.717, 1.165) is 14.8 Å². The van der Waals surface area contributed by atoms with Gasteiger partial charge >= 0.3 is 0 Å². The van der Waals surface area contributed by atoms with Crippen LogP contribution in [-0.2, 0) is 5.41 Å². The molecule has 4 heteroatoms. The summed E-state index contributed by atoms with van der Waals surface area (Å²) in [5, 5.41) is 1.22. The van der Waals surface area contributed by atoms with Crippen molar-refractivity contribution in [1.29, 1.82) is 0 Å². The fourth-order valence-electron chi connectivity index (χ4n) is 1.60. The normalized spacial score (nSPS) is 12.1. The molecule has 1 aromatic carbocycles. The molecule has 1 nitrogen and oxygen atoms in total. The van der Waals surface area contributed by atoms with E-state index in [-0.39, 0.29) is 11.2 Å². The largest absolute Gasteiger partial charge is 0.251 e. The van der Waals surface area contributed by atoms with Crippen LogP contribution in [0.25, 0.3) is 10.9 Å². The highest BCUT2D eigenvalue weighted by Crippen LogP contribution is 2.31. The second-order valence-electron chi connectivity index (χ2n) is 5.02. The smallest absolute Gasteiger partial charge is 0.125 e. The van der Waals surface area contributed by atoms with Crippen LogP contribution in [0, 0.1) is 9.39 Å². The maximum Gasteiger partial charge on any atom is 0.125 e. The molecule has 0 bridgehead atoms. The minimum atomic E-state index is -0.283. The van der Waals surface area contributed by atoms with E-state index in [4.69, 9.17) is 11.6 Å². The molecule has 0 amide bonds. The molecule has 0 radical (unpaired) electrons. The van der Waals surface area contributed by atoms with Crippen LogP contribution in [0.3, 0.4) is 0 Å². The van der Waals surface area contributed by atoms with Gasteiger partial charge in [0.15, 0.2) is 0 Å². The number of hydrogen-bond acceptors (Lipinski definition) is 1. The number of fused-ring (bicyclic) bond motifs is 1. The third-order valence-electron chi connectivity index (χ3n) is 2.55. The molecule has 0 saturated heterocycles. The van der Waals surface area contributed by atoms with Crippen molar-refractivity contribution in [2.45, 2.75) is 26.2 Å². The lowest BCUT2D eigenvalue weighted by atomic mass is 9.91. The standard InChI is InChI=1S/C13H12ClFIN/c1-13(2,3)11-6-9(14)8-4-7(15)5-10(16)12(8)17-11/h4-6H,1-3H3. The maximum absolute atomic E-state index is 13.3. The van der Waals surface area contributed by atoms with Gasteiger partial charge in [0.1, 0.15) is 5.82 Å². The summed E-state index contributed by atoms with van der Waals surface area (Å²) in [6.07, 6.45) is 0. The summed E-state index contributed by atoms with van der Waals surface area (Å²) in [5.74, 6) is -0.283. The lowest BCUT2D eigenvalue weighted by molar-refractivity contribution is 0.571. The lowest BCUT2D eigenvalue weighted by Crippen LogP contribution is -2.13. The van der Waals surface area contributed by atoms with Gasteiger partial charge in [-0.1, -0.05) is 32.4 Å². The minimum Gasteiger partial charge on any atom is -0.251 e. The van der Waals surface area contributed by atoms with Crippen molar-refractivity contribution in [3.8, 4) is 0 Å². The van der Waals surface area contributed by atoms with Crippen LogP contribution in [0.15, 0.2) is 18.2 Å². The SMILES string of the molecule is CC(C)(C)c1cc(Cl)c2cc(F)cc(I)c2n1. The van der Waals surface area contributed by atoms with Crippen molar-refractivity contribution in [1.82, 2.24) is 4.98 Å². The second kappa shape index (κ2) is 4.35. The molecule has 17 heavy (non-hydrogen) atoms. The van der Waals surface area contributed by atoms with Crippen LogP contribution in [0.1, 0.15) is 26.5 Å². The quantitative estimate of drug-likeness (QED) is 0.605. The zero-order valence-corrected chi connectivity index (χ0v) is 12.7. The van der Waals surface area contributed by atoms with Gasteiger partial charge in [0.25, 0.3) is 0 Å². The molecule has 0 N–H and O–H groups in total. The Morgan fingerprint density at radius 3 is 2.47 bits per heavy atom. The molecule has 1 heterocycles. The highest BCUT2D eigenvalue weighted by molar-refractivity contribution is 14.1. The van der Waals surface area contributed by atoms with Crippen LogP contribution in [0.2, 0.25) is 5.02 Å². The molecule has 0 fully saturated rings. The van der Waals surface area contributed by atoms with E-state index in [2.05, 4.69) is 48.3 Å². The molecule has 0 atom stereocenters. The second-order valence-corrected chi connectivity index (χ2v) is 6.59. The molecule has 0 aliphatic rings. The van der Waals surface area contributed by atoms with Gasteiger partial charge in [-0.05, 0) is 40.8 Å². The first-order valence-electron chi connectivity index (χ1n) is 5.25. The molecule has 2 aromatic rings. The van der Waals surface area contributed by atoms with Gasteiger partial charge in [0.2, 0.25) is 0 Å². The summed E-state index contributed by atoms with van der Waals surface area (Å²) in [6, 6.07) is 4.72. The lowest BCUT2D eigenvalue weighted by Gasteiger charge is -2.19. The first-order valence-corrected chi connectivity index (χ1v) is 6.70. The van der Waals surface area contributed by atoms with Gasteiger partial charge < -0.3 is 0 Å². The Morgan fingerprint density at radius 1 is 1.24 bits per heavy atom. The van der Waals surface area contributed by atoms with Crippen LogP contribution in [0.4, 0.5) is 4.39 Å². The summed E-state index contributed by atoms with van der Waals surface area (Å²) in [6.45, 7) is 6.23. The number of aromatic nitrogens is 1. The first-order chi connectivity index (χ1) is 7.79. The molecule has 0 aliphatic carbocycles. The Kier molecular flexibility index (Phi) is 3.34. The molecular weight excluding hydrogens is 352 g/mol. The molecule has 90 valence electrons. The highest BCUT2D eigenvalue weighted by Gasteiger charge is 2.18. The van der Waals surface area contributed by atoms with Gasteiger partial charge in [0, 0.05) is 20.1 Å². The predicted molar refractivity (Wildman–Crippen MR) is 78.1 cm³/mol. The number of halogens is 3. The number of rotatable bonds is 0. The van der Waals surface area contributed by atoms with Crippen LogP contribution in [-0.4, -0.2) is 4.98 Å². The molecule has 0 unspecified atom stereocenters. The summed E-state index contributed by atoms with van der Waals surface area (Å²) in [7, 11) is 0. The average molecular weight is 364 g/mol. The Balaban J connectivity index is 2.83. The van der Waals surface area contributed by atoms with Gasteiger partial charge in [-0.25, -0.2) is 4.39 Å². The first kappa shape index (κ1) is 13.0.